The van der Waals surface area contributed by atoms with Crippen LogP contribution in [0.4, 0.5) is 28.0 Å². The second-order valence-corrected chi connectivity index (χ2v) is 7.57. The summed E-state index contributed by atoms with van der Waals surface area (Å²) in [7, 11) is 0. The van der Waals surface area contributed by atoms with E-state index in [9.17, 15) is 27.2 Å². The van der Waals surface area contributed by atoms with E-state index in [2.05, 4.69) is 5.32 Å². The van der Waals surface area contributed by atoms with Gasteiger partial charge in [0.1, 0.15) is 5.82 Å². The predicted molar refractivity (Wildman–Crippen MR) is 102 cm³/mol. The van der Waals surface area contributed by atoms with Gasteiger partial charge in [-0.05, 0) is 50.8 Å². The third-order valence-corrected chi connectivity index (χ3v) is 5.71. The lowest BCUT2D eigenvalue weighted by Gasteiger charge is -2.38. The van der Waals surface area contributed by atoms with Crippen LogP contribution >= 0.6 is 0 Å². The second kappa shape index (κ2) is 9.20. The number of piperidine rings is 1. The monoisotopic (exact) mass is 431 g/mol. The van der Waals surface area contributed by atoms with Crippen molar-refractivity contribution in [1.29, 1.82) is 0 Å². The number of carbonyl (C=O) groups is 2. The molecule has 1 aromatic carbocycles. The van der Waals surface area contributed by atoms with Gasteiger partial charge in [-0.15, -0.1) is 0 Å². The highest BCUT2D eigenvalue weighted by atomic mass is 19.4. The van der Waals surface area contributed by atoms with Gasteiger partial charge in [-0.2, -0.15) is 13.2 Å². The number of hydrogen-bond acceptors (Lipinski definition) is 4. The fourth-order valence-corrected chi connectivity index (χ4v) is 4.38. The highest BCUT2D eigenvalue weighted by molar-refractivity contribution is 5.75. The van der Waals surface area contributed by atoms with Crippen LogP contribution < -0.4 is 10.2 Å². The smallest absolute Gasteiger partial charge is 0.419 e. The van der Waals surface area contributed by atoms with E-state index in [1.807, 2.05) is 4.90 Å². The summed E-state index contributed by atoms with van der Waals surface area (Å²) in [6, 6.07) is 2.85. The number of rotatable bonds is 7. The van der Waals surface area contributed by atoms with Gasteiger partial charge in [-0.3, -0.25) is 4.79 Å². The van der Waals surface area contributed by atoms with E-state index in [0.717, 1.165) is 36.6 Å². The lowest BCUT2D eigenvalue weighted by Crippen LogP contribution is -2.52. The van der Waals surface area contributed by atoms with Crippen molar-refractivity contribution in [1.82, 2.24) is 10.2 Å². The summed E-state index contributed by atoms with van der Waals surface area (Å²) in [5, 5.41) is 3.33. The van der Waals surface area contributed by atoms with E-state index >= 15 is 0 Å². The van der Waals surface area contributed by atoms with Gasteiger partial charge in [0.15, 0.2) is 0 Å². The van der Waals surface area contributed by atoms with Gasteiger partial charge in [0.2, 0.25) is 6.41 Å². The van der Waals surface area contributed by atoms with Gasteiger partial charge in [0, 0.05) is 36.9 Å². The maximum atomic E-state index is 13.5. The number of alkyl halides is 3. The van der Waals surface area contributed by atoms with E-state index in [-0.39, 0.29) is 36.5 Å². The quantitative estimate of drug-likeness (QED) is 0.530. The molecule has 0 spiro atoms. The third-order valence-electron chi connectivity index (χ3n) is 5.71. The largest absolute Gasteiger partial charge is 0.450 e. The van der Waals surface area contributed by atoms with Crippen LogP contribution in [-0.4, -0.2) is 55.2 Å². The molecule has 30 heavy (non-hydrogen) atoms. The van der Waals surface area contributed by atoms with Crippen LogP contribution in [-0.2, 0) is 15.7 Å². The molecule has 0 aliphatic carbocycles. The fraction of sp³-hybridized carbons (Fsp3) is 0.600. The van der Waals surface area contributed by atoms with Crippen LogP contribution in [0.2, 0.25) is 0 Å². The zero-order chi connectivity index (χ0) is 21.9. The summed E-state index contributed by atoms with van der Waals surface area (Å²) < 4.78 is 57.3. The van der Waals surface area contributed by atoms with Crippen molar-refractivity contribution < 1.29 is 31.9 Å². The molecule has 2 saturated heterocycles. The summed E-state index contributed by atoms with van der Waals surface area (Å²) in [5.74, 6) is -1.38. The molecule has 0 radical (unpaired) electrons. The highest BCUT2D eigenvalue weighted by Gasteiger charge is 2.43. The summed E-state index contributed by atoms with van der Waals surface area (Å²) in [4.78, 5) is 26.4. The molecule has 1 aromatic rings. The van der Waals surface area contributed by atoms with Crippen molar-refractivity contribution >= 4 is 18.2 Å². The molecule has 10 heteroatoms. The minimum atomic E-state index is -4.83. The first kappa shape index (κ1) is 22.3. The van der Waals surface area contributed by atoms with Gasteiger partial charge >= 0.3 is 12.3 Å². The summed E-state index contributed by atoms with van der Waals surface area (Å²) in [6.45, 7) is 2.60. The average Bonchev–Trinajstić information content (AvgIpc) is 2.96. The Kier molecular flexibility index (Phi) is 6.84. The molecule has 1 N–H and O–H groups in total. The van der Waals surface area contributed by atoms with Crippen molar-refractivity contribution in [3.63, 3.8) is 0 Å². The molecule has 3 rings (SSSR count). The minimum absolute atomic E-state index is 0.0160. The molecule has 2 aliphatic rings. The van der Waals surface area contributed by atoms with Crippen LogP contribution in [0.1, 0.15) is 38.2 Å². The van der Waals surface area contributed by atoms with Crippen LogP contribution in [0.3, 0.4) is 0 Å². The Morgan fingerprint density at radius 1 is 1.30 bits per heavy atom. The Morgan fingerprint density at radius 3 is 2.53 bits per heavy atom. The molecule has 0 saturated carbocycles. The number of fused-ring (bicyclic) bond motifs is 2. The standard InChI is InChI=1S/C20H25F4N3O3/c1-2-30-19(29)27-15-3-4-16(27)10-13(9-15)25-7-8-26(12-28)14-5-6-18(21)17(11-14)20(22,23)24/h5-6,11-13,15-16,25H,2-4,7-10H2,1H3. The first-order valence-corrected chi connectivity index (χ1v) is 10.0. The maximum absolute atomic E-state index is 13.5. The van der Waals surface area contributed by atoms with Gasteiger partial charge < -0.3 is 19.9 Å². The number of nitrogens with one attached hydrogen (secondary N) is 1. The van der Waals surface area contributed by atoms with E-state index in [1.165, 1.54) is 0 Å². The first-order chi connectivity index (χ1) is 14.2. The molecule has 2 atom stereocenters. The molecule has 2 unspecified atom stereocenters. The van der Waals surface area contributed by atoms with E-state index in [4.69, 9.17) is 4.74 Å². The molecule has 0 aromatic heterocycles. The van der Waals surface area contributed by atoms with Crippen molar-refractivity contribution in [2.75, 3.05) is 24.6 Å². The molecule has 2 amide bonds. The number of carbonyl (C=O) groups excluding carboxylic acids is 2. The van der Waals surface area contributed by atoms with Crippen LogP contribution in [0.5, 0.6) is 0 Å². The minimum Gasteiger partial charge on any atom is -0.450 e. The van der Waals surface area contributed by atoms with Crippen molar-refractivity contribution in [3.05, 3.63) is 29.6 Å². The SMILES string of the molecule is CCOC(=O)N1C2CCC1CC(NCCN(C=O)c1ccc(F)c(C(F)(F)F)c1)C2. The first-order valence-electron chi connectivity index (χ1n) is 10.0. The van der Waals surface area contributed by atoms with Gasteiger partial charge in [0.05, 0.1) is 12.2 Å². The second-order valence-electron chi connectivity index (χ2n) is 7.57. The van der Waals surface area contributed by atoms with Crippen LogP contribution in [0.25, 0.3) is 0 Å². The molecule has 2 aliphatic heterocycles. The number of anilines is 1. The molecule has 166 valence electrons. The lowest BCUT2D eigenvalue weighted by molar-refractivity contribution is -0.140. The van der Waals surface area contributed by atoms with Crippen molar-refractivity contribution in [2.45, 2.75) is 56.9 Å². The van der Waals surface area contributed by atoms with E-state index in [0.29, 0.717) is 31.7 Å². The van der Waals surface area contributed by atoms with Gasteiger partial charge in [-0.25, -0.2) is 9.18 Å². The summed E-state index contributed by atoms with van der Waals surface area (Å²) in [5.41, 5.74) is -1.42. The molecular formula is C20H25F4N3O3. The van der Waals surface area contributed by atoms with Crippen LogP contribution in [0.15, 0.2) is 18.2 Å². The van der Waals surface area contributed by atoms with Crippen LogP contribution in [0, 0.1) is 5.82 Å². The number of halogens is 4. The highest BCUT2D eigenvalue weighted by Crippen LogP contribution is 2.36. The molecule has 6 nitrogen and oxygen atoms in total. The van der Waals surface area contributed by atoms with Gasteiger partial charge in [-0.1, -0.05) is 0 Å². The summed E-state index contributed by atoms with van der Waals surface area (Å²) in [6.07, 6.45) is -1.35. The molecular weight excluding hydrogens is 406 g/mol. The van der Waals surface area contributed by atoms with E-state index < -0.39 is 17.6 Å². The lowest BCUT2D eigenvalue weighted by atomic mass is 9.98. The fourth-order valence-electron chi connectivity index (χ4n) is 4.38. The number of hydrogen-bond donors (Lipinski definition) is 1. The summed E-state index contributed by atoms with van der Waals surface area (Å²) >= 11 is 0. The zero-order valence-corrected chi connectivity index (χ0v) is 16.6. The molecule has 2 heterocycles. The van der Waals surface area contributed by atoms with Crippen molar-refractivity contribution in [2.24, 2.45) is 0 Å². The Balaban J connectivity index is 1.55. The van der Waals surface area contributed by atoms with E-state index in [1.54, 1.807) is 6.92 Å². The topological polar surface area (TPSA) is 61.9 Å². The average molecular weight is 431 g/mol. The predicted octanol–water partition coefficient (Wildman–Crippen LogP) is 3.55. The Hall–Kier alpha value is -2.36. The molecule has 2 bridgehead atoms. The van der Waals surface area contributed by atoms with Gasteiger partial charge in [0.25, 0.3) is 0 Å². The normalized spacial score (nSPS) is 23.4. The Labute approximate surface area is 172 Å². The number of nitrogens with zero attached hydrogens (tertiary/aromatic N) is 2. The number of benzene rings is 1. The molecule has 2 fully saturated rings. The Morgan fingerprint density at radius 2 is 1.97 bits per heavy atom. The Bertz CT molecular complexity index is 760. The number of ether oxygens (including phenoxy) is 1. The third kappa shape index (κ3) is 4.85. The number of amides is 2. The zero-order valence-electron chi connectivity index (χ0n) is 16.6. The maximum Gasteiger partial charge on any atom is 0.419 e. The van der Waals surface area contributed by atoms with Crippen molar-refractivity contribution in [3.8, 4) is 0 Å².